The molecule has 0 spiro atoms. The summed E-state index contributed by atoms with van der Waals surface area (Å²) in [5, 5.41) is 9.49. The van der Waals surface area contributed by atoms with Gasteiger partial charge in [-0.2, -0.15) is 5.10 Å². The third kappa shape index (κ3) is 3.56. The van der Waals surface area contributed by atoms with Gasteiger partial charge in [0.15, 0.2) is 0 Å². The molecule has 0 aliphatic carbocycles. The SMILES string of the molecule is CN1CN(c2ccc3c4ccccc4n(-c4cccc(-n5cccn5)c4)c3c2)C=C1n1c2ccccc2c2ccccc21. The lowest BCUT2D eigenvalue weighted by Gasteiger charge is -2.20. The van der Waals surface area contributed by atoms with E-state index in [-0.39, 0.29) is 0 Å². The van der Waals surface area contributed by atoms with Gasteiger partial charge in [0.2, 0.25) is 0 Å². The zero-order valence-electron chi connectivity index (χ0n) is 23.7. The van der Waals surface area contributed by atoms with E-state index >= 15 is 0 Å². The predicted octanol–water partition coefficient (Wildman–Crippen LogP) is 8.24. The third-order valence-corrected chi connectivity index (χ3v) is 8.68. The van der Waals surface area contributed by atoms with Crippen LogP contribution in [0.5, 0.6) is 0 Å². The number of rotatable bonds is 4. The normalized spacial score (nSPS) is 13.7. The Morgan fingerprint density at radius 1 is 0.535 bits per heavy atom. The van der Waals surface area contributed by atoms with Crippen molar-refractivity contribution in [1.29, 1.82) is 0 Å². The summed E-state index contributed by atoms with van der Waals surface area (Å²) in [7, 11) is 2.17. The molecular formula is C37H28N6. The first-order valence-electron chi connectivity index (χ1n) is 14.6. The summed E-state index contributed by atoms with van der Waals surface area (Å²) in [6.45, 7) is 0.761. The Kier molecular flexibility index (Phi) is 5.07. The van der Waals surface area contributed by atoms with Crippen LogP contribution in [-0.2, 0) is 0 Å². The molecule has 9 rings (SSSR count). The highest BCUT2D eigenvalue weighted by atomic mass is 15.4. The molecule has 6 heteroatoms. The standard InChI is InChI=1S/C37H28N6/c1-39-25-40(24-37(39)43-34-16-6-3-12-29(34)30-13-4-7-17-35(30)43)26-18-19-32-31-14-2-5-15-33(31)42(36(32)23-26)28-11-8-10-27(22-28)41-21-9-20-38-41/h2-24H,25H2,1H3. The average molecular weight is 557 g/mol. The Hall–Kier alpha value is -5.75. The zero-order chi connectivity index (χ0) is 28.5. The second kappa shape index (κ2) is 9.13. The smallest absolute Gasteiger partial charge is 0.131 e. The van der Waals surface area contributed by atoms with Gasteiger partial charge in [0.25, 0.3) is 0 Å². The van der Waals surface area contributed by atoms with Crippen molar-refractivity contribution in [3.05, 3.63) is 140 Å². The number of para-hydroxylation sites is 3. The molecule has 0 unspecified atom stereocenters. The molecule has 6 nitrogen and oxygen atoms in total. The van der Waals surface area contributed by atoms with E-state index in [0.29, 0.717) is 0 Å². The molecule has 0 amide bonds. The Morgan fingerprint density at radius 3 is 1.84 bits per heavy atom. The average Bonchev–Trinajstić information content (AvgIpc) is 3.84. The van der Waals surface area contributed by atoms with Gasteiger partial charge in [-0.3, -0.25) is 4.57 Å². The Bertz CT molecular complexity index is 2300. The molecule has 0 bridgehead atoms. The molecule has 0 saturated heterocycles. The van der Waals surface area contributed by atoms with E-state index in [0.717, 1.165) is 29.6 Å². The lowest BCUT2D eigenvalue weighted by molar-refractivity contribution is 0.498. The number of hydrogen-bond acceptors (Lipinski definition) is 3. The summed E-state index contributed by atoms with van der Waals surface area (Å²) >= 11 is 0. The molecule has 206 valence electrons. The fourth-order valence-corrected chi connectivity index (χ4v) is 6.75. The van der Waals surface area contributed by atoms with Crippen molar-refractivity contribution in [2.75, 3.05) is 18.6 Å². The van der Waals surface area contributed by atoms with Crippen LogP contribution in [0.25, 0.3) is 60.8 Å². The molecule has 0 radical (unpaired) electrons. The van der Waals surface area contributed by atoms with Gasteiger partial charge in [0.1, 0.15) is 5.82 Å². The summed E-state index contributed by atoms with van der Waals surface area (Å²) in [6.07, 6.45) is 6.08. The van der Waals surface area contributed by atoms with E-state index in [1.165, 1.54) is 43.6 Å². The van der Waals surface area contributed by atoms with Crippen molar-refractivity contribution in [3.63, 3.8) is 0 Å². The minimum absolute atomic E-state index is 0.761. The van der Waals surface area contributed by atoms with Crippen LogP contribution in [0.3, 0.4) is 0 Å². The monoisotopic (exact) mass is 556 g/mol. The lowest BCUT2D eigenvalue weighted by Crippen LogP contribution is -2.24. The van der Waals surface area contributed by atoms with Crippen molar-refractivity contribution in [3.8, 4) is 11.4 Å². The van der Waals surface area contributed by atoms with Crippen molar-refractivity contribution < 1.29 is 0 Å². The topological polar surface area (TPSA) is 34.2 Å². The maximum absolute atomic E-state index is 4.46. The summed E-state index contributed by atoms with van der Waals surface area (Å²) in [6, 6.07) is 43.4. The zero-order valence-corrected chi connectivity index (χ0v) is 23.7. The van der Waals surface area contributed by atoms with Crippen LogP contribution < -0.4 is 4.90 Å². The third-order valence-electron chi connectivity index (χ3n) is 8.68. The predicted molar refractivity (Wildman–Crippen MR) is 177 cm³/mol. The van der Waals surface area contributed by atoms with Gasteiger partial charge < -0.3 is 14.4 Å². The Balaban J connectivity index is 1.21. The molecule has 5 aromatic carbocycles. The van der Waals surface area contributed by atoms with Gasteiger partial charge in [0.05, 0.1) is 34.4 Å². The largest absolute Gasteiger partial charge is 0.341 e. The highest BCUT2D eigenvalue weighted by Crippen LogP contribution is 2.38. The molecule has 43 heavy (non-hydrogen) atoms. The van der Waals surface area contributed by atoms with Crippen molar-refractivity contribution >= 4 is 55.1 Å². The summed E-state index contributed by atoms with van der Waals surface area (Å²) < 4.78 is 6.67. The number of nitrogens with zero attached hydrogens (tertiary/aromatic N) is 6. The molecule has 3 aromatic heterocycles. The van der Waals surface area contributed by atoms with Crippen LogP contribution in [0.4, 0.5) is 5.69 Å². The van der Waals surface area contributed by atoms with Crippen LogP contribution in [-0.4, -0.2) is 37.5 Å². The molecule has 8 aromatic rings. The minimum atomic E-state index is 0.761. The van der Waals surface area contributed by atoms with E-state index < -0.39 is 0 Å². The summed E-state index contributed by atoms with van der Waals surface area (Å²) in [4.78, 5) is 4.67. The Labute approximate surface area is 248 Å². The summed E-state index contributed by atoms with van der Waals surface area (Å²) in [5.74, 6) is 1.16. The van der Waals surface area contributed by atoms with Crippen LogP contribution in [0, 0.1) is 0 Å². The lowest BCUT2D eigenvalue weighted by atomic mass is 10.1. The Morgan fingerprint density at radius 2 is 1.16 bits per heavy atom. The molecule has 1 aliphatic heterocycles. The fourth-order valence-electron chi connectivity index (χ4n) is 6.75. The van der Waals surface area contributed by atoms with Gasteiger partial charge in [-0.25, -0.2) is 4.68 Å². The fraction of sp³-hybridized carbons (Fsp3) is 0.0541. The summed E-state index contributed by atoms with van der Waals surface area (Å²) in [5.41, 5.74) is 8.10. The van der Waals surface area contributed by atoms with Gasteiger partial charge in [-0.1, -0.05) is 66.7 Å². The first-order chi connectivity index (χ1) is 21.2. The van der Waals surface area contributed by atoms with Crippen LogP contribution in [0.15, 0.2) is 140 Å². The highest BCUT2D eigenvalue weighted by Gasteiger charge is 2.24. The van der Waals surface area contributed by atoms with E-state index in [1.807, 2.05) is 23.1 Å². The van der Waals surface area contributed by atoms with Crippen molar-refractivity contribution in [1.82, 2.24) is 23.8 Å². The van der Waals surface area contributed by atoms with E-state index in [1.54, 1.807) is 0 Å². The van der Waals surface area contributed by atoms with E-state index in [2.05, 4.69) is 153 Å². The van der Waals surface area contributed by atoms with Crippen LogP contribution in [0.2, 0.25) is 0 Å². The van der Waals surface area contributed by atoms with Gasteiger partial charge in [0, 0.05) is 58.6 Å². The van der Waals surface area contributed by atoms with Crippen molar-refractivity contribution in [2.45, 2.75) is 0 Å². The maximum atomic E-state index is 4.46. The number of aromatic nitrogens is 4. The first-order valence-corrected chi connectivity index (χ1v) is 14.6. The molecule has 0 fully saturated rings. The molecular weight excluding hydrogens is 528 g/mol. The second-order valence-electron chi connectivity index (χ2n) is 11.2. The molecule has 0 atom stereocenters. The van der Waals surface area contributed by atoms with Gasteiger partial charge in [-0.15, -0.1) is 0 Å². The van der Waals surface area contributed by atoms with Crippen LogP contribution >= 0.6 is 0 Å². The number of fused-ring (bicyclic) bond motifs is 6. The van der Waals surface area contributed by atoms with Crippen molar-refractivity contribution in [2.24, 2.45) is 0 Å². The number of benzene rings is 5. The molecule has 0 N–H and O–H groups in total. The second-order valence-corrected chi connectivity index (χ2v) is 11.2. The maximum Gasteiger partial charge on any atom is 0.131 e. The van der Waals surface area contributed by atoms with E-state index in [4.69, 9.17) is 0 Å². The van der Waals surface area contributed by atoms with E-state index in [9.17, 15) is 0 Å². The van der Waals surface area contributed by atoms with Gasteiger partial charge >= 0.3 is 0 Å². The molecule has 4 heterocycles. The molecule has 1 aliphatic rings. The van der Waals surface area contributed by atoms with Gasteiger partial charge in [-0.05, 0) is 54.6 Å². The first kappa shape index (κ1) is 23.9. The molecule has 0 saturated carbocycles. The number of hydrogen-bond donors (Lipinski definition) is 0. The highest BCUT2D eigenvalue weighted by molar-refractivity contribution is 6.11. The minimum Gasteiger partial charge on any atom is -0.341 e. The quantitative estimate of drug-likeness (QED) is 0.219. The van der Waals surface area contributed by atoms with Crippen LogP contribution in [0.1, 0.15) is 0 Å². The number of anilines is 1.